The van der Waals surface area contributed by atoms with Crippen molar-refractivity contribution in [2.24, 2.45) is 0 Å². The molecule has 0 aliphatic heterocycles. The Bertz CT molecular complexity index is 1340. The number of carbonyl (C=O) groups is 2. The fraction of sp³-hybridized carbons (Fsp3) is 0.351. The first-order valence-corrected chi connectivity index (χ1v) is 15.3. The van der Waals surface area contributed by atoms with Crippen LogP contribution in [0.25, 0.3) is 11.1 Å². The second-order valence-electron chi connectivity index (χ2n) is 10.7. The highest BCUT2D eigenvalue weighted by molar-refractivity contribution is 5.88. The minimum Gasteiger partial charge on any atom is -0.490 e. The van der Waals surface area contributed by atoms with Gasteiger partial charge in [0, 0.05) is 6.07 Å². The zero-order chi connectivity index (χ0) is 32.4. The van der Waals surface area contributed by atoms with E-state index < -0.39 is 25.2 Å². The van der Waals surface area contributed by atoms with Gasteiger partial charge in [-0.1, -0.05) is 81.5 Å². The molecular weight excluding hydrogens is 572 g/mol. The monoisotopic (exact) mass is 616 g/mol. The first-order valence-electron chi connectivity index (χ1n) is 15.3. The molecule has 0 atom stereocenters. The van der Waals surface area contributed by atoms with Crippen LogP contribution in [-0.2, 0) is 38.3 Å². The highest BCUT2D eigenvalue weighted by Crippen LogP contribution is 2.26. The number of aryl methyl sites for hydroxylation is 3. The maximum atomic E-state index is 11.7. The van der Waals surface area contributed by atoms with Crippen molar-refractivity contribution in [1.82, 2.24) is 0 Å². The Kier molecular flexibility index (Phi) is 14.9. The third-order valence-corrected chi connectivity index (χ3v) is 7.08. The molecule has 0 heterocycles. The summed E-state index contributed by atoms with van der Waals surface area (Å²) in [4.78, 5) is 23.4. The van der Waals surface area contributed by atoms with E-state index in [9.17, 15) is 9.59 Å². The quantitative estimate of drug-likeness (QED) is 0.0930. The van der Waals surface area contributed by atoms with Crippen LogP contribution in [0.4, 0.5) is 0 Å². The normalized spacial score (nSPS) is 10.6. The molecule has 0 aliphatic rings. The average Bonchev–Trinajstić information content (AvgIpc) is 3.07. The van der Waals surface area contributed by atoms with Crippen molar-refractivity contribution in [3.63, 3.8) is 0 Å². The molecule has 3 aromatic carbocycles. The van der Waals surface area contributed by atoms with Gasteiger partial charge in [-0.15, -0.1) is 0 Å². The van der Waals surface area contributed by atoms with Crippen molar-refractivity contribution in [1.29, 1.82) is 0 Å². The topological polar surface area (TPSA) is 112 Å². The van der Waals surface area contributed by atoms with Crippen molar-refractivity contribution in [3.8, 4) is 22.6 Å². The second kappa shape index (κ2) is 19.1. The van der Waals surface area contributed by atoms with E-state index in [4.69, 9.17) is 29.2 Å². The molecule has 3 rings (SSSR count). The Morgan fingerprint density at radius 3 is 1.49 bits per heavy atom. The molecule has 0 saturated heterocycles. The number of hydrogen-bond donors (Lipinski definition) is 2. The van der Waals surface area contributed by atoms with Crippen molar-refractivity contribution >= 4 is 11.9 Å². The Morgan fingerprint density at radius 2 is 1.04 bits per heavy atom. The third-order valence-electron chi connectivity index (χ3n) is 7.08. The molecule has 0 fully saturated rings. The lowest BCUT2D eigenvalue weighted by Crippen LogP contribution is -2.15. The first-order chi connectivity index (χ1) is 21.8. The summed E-state index contributed by atoms with van der Waals surface area (Å²) in [5.41, 5.74) is 5.86. The van der Waals surface area contributed by atoms with Crippen molar-refractivity contribution in [2.45, 2.75) is 45.4 Å². The standard InChI is InChI=1S/C37H44O8/c1-4-5-6-7-29-10-14-32(15-11-29)33-16-12-30(13-17-33)8-9-31-22-34(42-18-20-44-36(40)27(2)25-38)24-35(23-31)43-19-21-45-37(41)28(3)26-39/h10-17,22-24,38-39H,2-9,18-21,25-26H2,1H3. The van der Waals surface area contributed by atoms with E-state index >= 15 is 0 Å². The molecule has 0 unspecified atom stereocenters. The van der Waals surface area contributed by atoms with Crippen LogP contribution >= 0.6 is 0 Å². The van der Waals surface area contributed by atoms with Gasteiger partial charge in [0.2, 0.25) is 0 Å². The van der Waals surface area contributed by atoms with E-state index in [-0.39, 0.29) is 37.6 Å². The van der Waals surface area contributed by atoms with Crippen LogP contribution in [0.2, 0.25) is 0 Å². The molecule has 45 heavy (non-hydrogen) atoms. The van der Waals surface area contributed by atoms with Gasteiger partial charge in [0.15, 0.2) is 0 Å². The van der Waals surface area contributed by atoms with E-state index in [1.165, 1.54) is 41.5 Å². The zero-order valence-electron chi connectivity index (χ0n) is 26.1. The number of rotatable bonds is 20. The molecule has 0 aromatic heterocycles. The summed E-state index contributed by atoms with van der Waals surface area (Å²) in [7, 11) is 0. The van der Waals surface area contributed by atoms with Gasteiger partial charge in [0.05, 0.1) is 24.4 Å². The number of hydrogen-bond acceptors (Lipinski definition) is 8. The number of carbonyl (C=O) groups excluding carboxylic acids is 2. The highest BCUT2D eigenvalue weighted by atomic mass is 16.6. The van der Waals surface area contributed by atoms with Crippen LogP contribution in [0, 0.1) is 0 Å². The molecule has 0 radical (unpaired) electrons. The van der Waals surface area contributed by atoms with Gasteiger partial charge in [-0.3, -0.25) is 0 Å². The molecule has 0 spiro atoms. The van der Waals surface area contributed by atoms with E-state index in [0.29, 0.717) is 11.5 Å². The lowest BCUT2D eigenvalue weighted by Gasteiger charge is -2.13. The van der Waals surface area contributed by atoms with Crippen molar-refractivity contribution < 1.29 is 38.7 Å². The van der Waals surface area contributed by atoms with Gasteiger partial charge in [-0.2, -0.15) is 0 Å². The van der Waals surface area contributed by atoms with Gasteiger partial charge < -0.3 is 29.2 Å². The Morgan fingerprint density at radius 1 is 0.600 bits per heavy atom. The second-order valence-corrected chi connectivity index (χ2v) is 10.7. The Labute approximate surface area is 265 Å². The van der Waals surface area contributed by atoms with Crippen LogP contribution in [0.1, 0.15) is 42.9 Å². The van der Waals surface area contributed by atoms with Gasteiger partial charge in [-0.25, -0.2) is 9.59 Å². The maximum Gasteiger partial charge on any atom is 0.335 e. The minimum absolute atomic E-state index is 0.0170. The molecule has 8 nitrogen and oxygen atoms in total. The number of unbranched alkanes of at least 4 members (excludes halogenated alkanes) is 2. The molecule has 0 aliphatic carbocycles. The van der Waals surface area contributed by atoms with Crippen LogP contribution in [0.5, 0.6) is 11.5 Å². The summed E-state index contributed by atoms with van der Waals surface area (Å²) in [6, 6.07) is 22.9. The van der Waals surface area contributed by atoms with Crippen LogP contribution in [-0.4, -0.2) is 61.8 Å². The molecule has 0 amide bonds. The van der Waals surface area contributed by atoms with Crippen LogP contribution < -0.4 is 9.47 Å². The van der Waals surface area contributed by atoms with Gasteiger partial charge in [0.25, 0.3) is 0 Å². The predicted molar refractivity (Wildman–Crippen MR) is 174 cm³/mol. The van der Waals surface area contributed by atoms with Crippen LogP contribution in [0.15, 0.2) is 91.0 Å². The highest BCUT2D eigenvalue weighted by Gasteiger charge is 2.10. The molecule has 240 valence electrons. The summed E-state index contributed by atoms with van der Waals surface area (Å²) in [5.74, 6) is -0.303. The fourth-order valence-electron chi connectivity index (χ4n) is 4.46. The van der Waals surface area contributed by atoms with Gasteiger partial charge in [-0.05, 0) is 65.6 Å². The number of aliphatic hydroxyl groups excluding tert-OH is 2. The van der Waals surface area contributed by atoms with Crippen molar-refractivity contribution in [3.05, 3.63) is 108 Å². The number of benzene rings is 3. The largest absolute Gasteiger partial charge is 0.490 e. The lowest BCUT2D eigenvalue weighted by molar-refractivity contribution is -0.141. The lowest BCUT2D eigenvalue weighted by atomic mass is 9.98. The fourth-order valence-corrected chi connectivity index (χ4v) is 4.46. The summed E-state index contributed by atoms with van der Waals surface area (Å²) in [6.07, 6.45) is 6.34. The molecule has 0 saturated carbocycles. The molecule has 0 bridgehead atoms. The summed E-state index contributed by atoms with van der Waals surface area (Å²) >= 11 is 0. The Balaban J connectivity index is 1.61. The summed E-state index contributed by atoms with van der Waals surface area (Å²) in [5, 5.41) is 18.0. The molecule has 2 N–H and O–H groups in total. The first kappa shape index (κ1) is 35.1. The summed E-state index contributed by atoms with van der Waals surface area (Å²) < 4.78 is 21.7. The number of esters is 2. The SMILES string of the molecule is C=C(CO)C(=O)OCCOc1cc(CCc2ccc(-c3ccc(CCCCC)cc3)cc2)cc(OCCOC(=O)C(=C)CO)c1. The van der Waals surface area contributed by atoms with Crippen LogP contribution in [0.3, 0.4) is 0 Å². The average molecular weight is 617 g/mol. The molecular formula is C37H44O8. The minimum atomic E-state index is -0.678. The van der Waals surface area contributed by atoms with E-state index in [0.717, 1.165) is 24.8 Å². The molecule has 3 aromatic rings. The maximum absolute atomic E-state index is 11.7. The Hall–Kier alpha value is -4.40. The smallest absolute Gasteiger partial charge is 0.335 e. The van der Waals surface area contributed by atoms with E-state index in [1.807, 2.05) is 12.1 Å². The van der Waals surface area contributed by atoms with E-state index in [2.05, 4.69) is 68.6 Å². The van der Waals surface area contributed by atoms with Crippen molar-refractivity contribution in [2.75, 3.05) is 39.6 Å². The third kappa shape index (κ3) is 12.3. The predicted octanol–water partition coefficient (Wildman–Crippen LogP) is 5.81. The zero-order valence-corrected chi connectivity index (χ0v) is 26.1. The molecule has 8 heteroatoms. The summed E-state index contributed by atoms with van der Waals surface area (Å²) in [6.45, 7) is 8.32. The number of ether oxygens (including phenoxy) is 4. The van der Waals surface area contributed by atoms with Gasteiger partial charge in [0.1, 0.15) is 37.9 Å². The van der Waals surface area contributed by atoms with E-state index in [1.54, 1.807) is 6.07 Å². The van der Waals surface area contributed by atoms with Gasteiger partial charge >= 0.3 is 11.9 Å². The number of aliphatic hydroxyl groups is 2.